The van der Waals surface area contributed by atoms with Gasteiger partial charge in [-0.3, -0.25) is 9.59 Å². The van der Waals surface area contributed by atoms with E-state index in [2.05, 4.69) is 47.7 Å². The van der Waals surface area contributed by atoms with E-state index < -0.39 is 0 Å². The molecule has 0 aliphatic rings. The molecule has 0 atom stereocenters. The molecule has 0 saturated carbocycles. The van der Waals surface area contributed by atoms with Gasteiger partial charge < -0.3 is 5.32 Å². The van der Waals surface area contributed by atoms with Gasteiger partial charge in [-0.1, -0.05) is 31.9 Å². The summed E-state index contributed by atoms with van der Waals surface area (Å²) in [6.07, 6.45) is 0.0939. The van der Waals surface area contributed by atoms with Gasteiger partial charge in [0.1, 0.15) is 0 Å². The van der Waals surface area contributed by atoms with Crippen molar-refractivity contribution in [2.45, 2.75) is 13.3 Å². The zero-order valence-corrected chi connectivity index (χ0v) is 16.0. The summed E-state index contributed by atoms with van der Waals surface area (Å²) in [4.78, 5) is 23.9. The zero-order chi connectivity index (χ0) is 17.5. The topological polar surface area (TPSA) is 70.6 Å². The van der Waals surface area contributed by atoms with Crippen LogP contribution in [0.4, 0.5) is 5.69 Å². The third-order valence-electron chi connectivity index (χ3n) is 3.00. The molecule has 2 rings (SSSR count). The third-order valence-corrected chi connectivity index (χ3v) is 4.06. The molecule has 7 heteroatoms. The molecular formula is C17H15Br2N3O2. The molecule has 0 heterocycles. The number of halogens is 2. The van der Waals surface area contributed by atoms with Crippen molar-refractivity contribution >= 4 is 55.1 Å². The second-order valence-corrected chi connectivity index (χ2v) is 6.86. The highest BCUT2D eigenvalue weighted by atomic mass is 79.9. The molecule has 5 nitrogen and oxygen atoms in total. The van der Waals surface area contributed by atoms with Crippen molar-refractivity contribution in [3.63, 3.8) is 0 Å². The van der Waals surface area contributed by atoms with Gasteiger partial charge in [-0.25, -0.2) is 5.43 Å². The average molecular weight is 453 g/mol. The molecule has 2 aromatic rings. The standard InChI is InChI=1S/C17H15Br2N3O2/c1-11(10-16(23)20-15-8-6-14(19)7-9-15)21-22-17(24)12-2-4-13(18)5-3-12/h2-9H,10H2,1H3,(H,20,23)(H,22,24). The van der Waals surface area contributed by atoms with E-state index in [1.54, 1.807) is 43.3 Å². The van der Waals surface area contributed by atoms with Crippen LogP contribution in [-0.2, 0) is 4.79 Å². The van der Waals surface area contributed by atoms with Crippen LogP contribution in [0.25, 0.3) is 0 Å². The normalized spacial score (nSPS) is 11.0. The second kappa shape index (κ2) is 8.75. The van der Waals surface area contributed by atoms with Crippen molar-refractivity contribution in [1.29, 1.82) is 0 Å². The maximum atomic E-state index is 11.9. The van der Waals surface area contributed by atoms with Crippen molar-refractivity contribution in [3.8, 4) is 0 Å². The van der Waals surface area contributed by atoms with Crippen LogP contribution < -0.4 is 10.7 Å². The molecule has 0 radical (unpaired) electrons. The summed E-state index contributed by atoms with van der Waals surface area (Å²) in [5.74, 6) is -0.522. The molecule has 0 bridgehead atoms. The van der Waals surface area contributed by atoms with Gasteiger partial charge in [-0.2, -0.15) is 5.10 Å². The average Bonchev–Trinajstić information content (AvgIpc) is 2.55. The summed E-state index contributed by atoms with van der Waals surface area (Å²) in [5.41, 5.74) is 4.15. The van der Waals surface area contributed by atoms with E-state index in [0.717, 1.165) is 8.95 Å². The van der Waals surface area contributed by atoms with E-state index in [0.29, 0.717) is 17.0 Å². The third kappa shape index (κ3) is 5.90. The van der Waals surface area contributed by atoms with Crippen molar-refractivity contribution in [2.24, 2.45) is 5.10 Å². The van der Waals surface area contributed by atoms with Crippen molar-refractivity contribution in [2.75, 3.05) is 5.32 Å². The van der Waals surface area contributed by atoms with Crippen molar-refractivity contribution in [3.05, 3.63) is 63.0 Å². The smallest absolute Gasteiger partial charge is 0.271 e. The number of carbonyl (C=O) groups excluding carboxylic acids is 2. The number of hydrogen-bond acceptors (Lipinski definition) is 3. The fourth-order valence-corrected chi connectivity index (χ4v) is 2.35. The SMILES string of the molecule is CC(CC(=O)Nc1ccc(Br)cc1)=NNC(=O)c1ccc(Br)cc1. The number of benzene rings is 2. The van der Waals surface area contributed by atoms with Crippen molar-refractivity contribution < 1.29 is 9.59 Å². The maximum absolute atomic E-state index is 11.9. The predicted molar refractivity (Wildman–Crippen MR) is 102 cm³/mol. The second-order valence-electron chi connectivity index (χ2n) is 5.03. The Hall–Kier alpha value is -1.99. The molecule has 0 aliphatic heterocycles. The van der Waals surface area contributed by atoms with E-state index >= 15 is 0 Å². The minimum absolute atomic E-state index is 0.0939. The largest absolute Gasteiger partial charge is 0.326 e. The highest BCUT2D eigenvalue weighted by Crippen LogP contribution is 2.14. The Balaban J connectivity index is 1.86. The van der Waals surface area contributed by atoms with Crippen LogP contribution in [0.2, 0.25) is 0 Å². The van der Waals surface area contributed by atoms with Gasteiger partial charge in [0, 0.05) is 25.9 Å². The monoisotopic (exact) mass is 451 g/mol. The molecule has 2 aromatic carbocycles. The van der Waals surface area contributed by atoms with Gasteiger partial charge in [-0.15, -0.1) is 0 Å². The highest BCUT2D eigenvalue weighted by molar-refractivity contribution is 9.10. The van der Waals surface area contributed by atoms with E-state index in [4.69, 9.17) is 0 Å². The number of anilines is 1. The van der Waals surface area contributed by atoms with Crippen LogP contribution in [0, 0.1) is 0 Å². The number of carbonyl (C=O) groups is 2. The first kappa shape index (κ1) is 18.4. The summed E-state index contributed by atoms with van der Waals surface area (Å²) in [6, 6.07) is 14.2. The minimum atomic E-state index is -0.324. The molecule has 0 unspecified atom stereocenters. The van der Waals surface area contributed by atoms with Gasteiger partial charge in [0.15, 0.2) is 0 Å². The maximum Gasteiger partial charge on any atom is 0.271 e. The molecule has 0 saturated heterocycles. The molecular weight excluding hydrogens is 438 g/mol. The van der Waals surface area contributed by atoms with Crippen LogP contribution in [0.15, 0.2) is 62.6 Å². The first-order valence-electron chi connectivity index (χ1n) is 7.08. The van der Waals surface area contributed by atoms with Crippen LogP contribution in [0.3, 0.4) is 0 Å². The van der Waals surface area contributed by atoms with Crippen LogP contribution in [0.5, 0.6) is 0 Å². The fraction of sp³-hybridized carbons (Fsp3) is 0.118. The molecule has 0 aromatic heterocycles. The Kier molecular flexibility index (Phi) is 6.69. The number of amides is 2. The van der Waals surface area contributed by atoms with E-state index in [1.807, 2.05) is 12.1 Å². The van der Waals surface area contributed by atoms with Gasteiger partial charge >= 0.3 is 0 Å². The Morgan fingerprint density at radius 1 is 0.958 bits per heavy atom. The summed E-state index contributed by atoms with van der Waals surface area (Å²) in [6.45, 7) is 1.68. The Morgan fingerprint density at radius 3 is 2.08 bits per heavy atom. The lowest BCUT2D eigenvalue weighted by molar-refractivity contribution is -0.115. The molecule has 124 valence electrons. The van der Waals surface area contributed by atoms with E-state index in [1.165, 1.54) is 0 Å². The summed E-state index contributed by atoms with van der Waals surface area (Å²) in [5, 5.41) is 6.72. The Bertz CT molecular complexity index is 756. The van der Waals surface area contributed by atoms with Gasteiger partial charge in [-0.05, 0) is 55.5 Å². The molecule has 2 amide bonds. The number of rotatable bonds is 5. The van der Waals surface area contributed by atoms with Crippen LogP contribution in [0.1, 0.15) is 23.7 Å². The first-order chi connectivity index (χ1) is 11.4. The van der Waals surface area contributed by atoms with E-state index in [9.17, 15) is 9.59 Å². The lowest BCUT2D eigenvalue weighted by Crippen LogP contribution is -2.21. The molecule has 0 fully saturated rings. The lowest BCUT2D eigenvalue weighted by Gasteiger charge is -2.06. The summed E-state index contributed by atoms with van der Waals surface area (Å²) in [7, 11) is 0. The quantitative estimate of drug-likeness (QED) is 0.523. The Morgan fingerprint density at radius 2 is 1.50 bits per heavy atom. The highest BCUT2D eigenvalue weighted by Gasteiger charge is 2.07. The minimum Gasteiger partial charge on any atom is -0.326 e. The number of nitrogens with zero attached hydrogens (tertiary/aromatic N) is 1. The van der Waals surface area contributed by atoms with Gasteiger partial charge in [0.25, 0.3) is 5.91 Å². The molecule has 0 spiro atoms. The first-order valence-corrected chi connectivity index (χ1v) is 8.67. The summed E-state index contributed by atoms with van der Waals surface area (Å²) >= 11 is 6.64. The number of hydrogen-bond donors (Lipinski definition) is 2. The predicted octanol–water partition coefficient (Wildman–Crippen LogP) is 4.35. The number of nitrogens with one attached hydrogen (secondary N) is 2. The van der Waals surface area contributed by atoms with Crippen LogP contribution >= 0.6 is 31.9 Å². The van der Waals surface area contributed by atoms with Gasteiger partial charge in [0.05, 0.1) is 6.42 Å². The molecule has 0 aliphatic carbocycles. The molecule has 24 heavy (non-hydrogen) atoms. The van der Waals surface area contributed by atoms with Gasteiger partial charge in [0.2, 0.25) is 5.91 Å². The Labute approximate surface area is 156 Å². The van der Waals surface area contributed by atoms with Crippen LogP contribution in [-0.4, -0.2) is 17.5 Å². The number of hydrazone groups is 1. The fourth-order valence-electron chi connectivity index (χ4n) is 1.82. The van der Waals surface area contributed by atoms with Crippen molar-refractivity contribution in [1.82, 2.24) is 5.43 Å². The molecule has 2 N–H and O–H groups in total. The van der Waals surface area contributed by atoms with E-state index in [-0.39, 0.29) is 18.2 Å². The zero-order valence-electron chi connectivity index (χ0n) is 12.8. The lowest BCUT2D eigenvalue weighted by atomic mass is 10.2. The summed E-state index contributed by atoms with van der Waals surface area (Å²) < 4.78 is 1.83.